The molecule has 0 fully saturated rings. The van der Waals surface area contributed by atoms with E-state index in [0.29, 0.717) is 6.42 Å². The monoisotopic (exact) mass is 331 g/mol. The molecule has 0 saturated heterocycles. The lowest BCUT2D eigenvalue weighted by atomic mass is 9.92. The summed E-state index contributed by atoms with van der Waals surface area (Å²) in [5, 5.41) is 0. The van der Waals surface area contributed by atoms with E-state index >= 15 is 0 Å². The molecule has 1 nitrogen and oxygen atoms in total. The molecule has 0 amide bonds. The maximum Gasteiger partial charge on any atom is 0.416 e. The van der Waals surface area contributed by atoms with E-state index in [9.17, 15) is 30.7 Å². The first-order valence-electron chi connectivity index (χ1n) is 6.57. The first kappa shape index (κ1) is 18.7. The minimum Gasteiger partial charge on any atom is -0.324 e. The van der Waals surface area contributed by atoms with Crippen LogP contribution in [0.4, 0.5) is 30.7 Å². The van der Waals surface area contributed by atoms with Gasteiger partial charge in [-0.2, -0.15) is 26.3 Å². The summed E-state index contributed by atoms with van der Waals surface area (Å²) < 4.78 is 90.4. The van der Waals surface area contributed by atoms with Gasteiger partial charge in [-0.1, -0.05) is 13.8 Å². The topological polar surface area (TPSA) is 26.0 Å². The molecule has 126 valence electrons. The Balaban J connectivity index is 3.37. The summed E-state index contributed by atoms with van der Waals surface area (Å²) in [4.78, 5) is 0. The SMILES string of the molecule is CC(C)CC[C@@H](N)c1c(F)cc(C(F)(F)F)cc1C(F)(F)F. The van der Waals surface area contributed by atoms with E-state index in [-0.39, 0.29) is 24.5 Å². The molecular weight excluding hydrogens is 315 g/mol. The van der Waals surface area contributed by atoms with Gasteiger partial charge in [0.25, 0.3) is 0 Å². The number of benzene rings is 1. The molecule has 0 aliphatic carbocycles. The second kappa shape index (κ2) is 6.44. The van der Waals surface area contributed by atoms with Crippen LogP contribution in [-0.2, 0) is 12.4 Å². The molecule has 0 aromatic heterocycles. The largest absolute Gasteiger partial charge is 0.416 e. The van der Waals surface area contributed by atoms with Crippen LogP contribution in [0.5, 0.6) is 0 Å². The zero-order chi connectivity index (χ0) is 17.3. The molecule has 22 heavy (non-hydrogen) atoms. The van der Waals surface area contributed by atoms with E-state index < -0.39 is 40.9 Å². The normalized spacial score (nSPS) is 14.5. The van der Waals surface area contributed by atoms with Crippen molar-refractivity contribution in [2.75, 3.05) is 0 Å². The standard InChI is InChI=1S/C14H16F7N/c1-7(2)3-4-11(22)12-9(14(19,20)21)5-8(6-10(12)15)13(16,17)18/h5-7,11H,3-4,22H2,1-2H3/t11-/m1/s1. The molecule has 1 rings (SSSR count). The van der Waals surface area contributed by atoms with Gasteiger partial charge in [-0.25, -0.2) is 4.39 Å². The Kier molecular flexibility index (Phi) is 5.48. The Morgan fingerprint density at radius 1 is 0.955 bits per heavy atom. The summed E-state index contributed by atoms with van der Waals surface area (Å²) in [6, 6.07) is -1.35. The van der Waals surface area contributed by atoms with Crippen LogP contribution < -0.4 is 5.73 Å². The highest BCUT2D eigenvalue weighted by molar-refractivity contribution is 5.38. The third-order valence-electron chi connectivity index (χ3n) is 3.19. The second-order valence-corrected chi connectivity index (χ2v) is 5.49. The number of rotatable bonds is 4. The maximum atomic E-state index is 13.9. The minimum atomic E-state index is -5.12. The molecule has 1 aromatic carbocycles. The maximum absolute atomic E-state index is 13.9. The molecule has 0 radical (unpaired) electrons. The smallest absolute Gasteiger partial charge is 0.324 e. The Morgan fingerprint density at radius 2 is 1.50 bits per heavy atom. The highest BCUT2D eigenvalue weighted by Crippen LogP contribution is 2.40. The Bertz CT molecular complexity index is 517. The molecule has 1 atom stereocenters. The minimum absolute atomic E-state index is 0.0447. The summed E-state index contributed by atoms with van der Waals surface area (Å²) >= 11 is 0. The molecule has 2 N–H and O–H groups in total. The van der Waals surface area contributed by atoms with Gasteiger partial charge < -0.3 is 5.73 Å². The van der Waals surface area contributed by atoms with Crippen molar-refractivity contribution in [3.05, 3.63) is 34.6 Å². The van der Waals surface area contributed by atoms with Gasteiger partial charge in [-0.05, 0) is 30.9 Å². The predicted octanol–water partition coefficient (Wildman–Crippen LogP) is 5.30. The van der Waals surface area contributed by atoms with E-state index in [1.54, 1.807) is 13.8 Å². The number of halogens is 7. The molecule has 8 heteroatoms. The molecule has 0 aliphatic rings. The number of hydrogen-bond acceptors (Lipinski definition) is 1. The first-order chi connectivity index (χ1) is 9.84. The van der Waals surface area contributed by atoms with Gasteiger partial charge in [0.1, 0.15) is 5.82 Å². The molecule has 0 aliphatic heterocycles. The Morgan fingerprint density at radius 3 is 1.91 bits per heavy atom. The summed E-state index contributed by atoms with van der Waals surface area (Å²) in [5.41, 5.74) is 1.31. The quantitative estimate of drug-likeness (QED) is 0.745. The van der Waals surface area contributed by atoms with Crippen molar-refractivity contribution in [2.45, 2.75) is 45.1 Å². The van der Waals surface area contributed by atoms with Gasteiger partial charge in [0, 0.05) is 11.6 Å². The lowest BCUT2D eigenvalue weighted by Crippen LogP contribution is -2.21. The van der Waals surface area contributed by atoms with E-state index in [2.05, 4.69) is 0 Å². The fourth-order valence-corrected chi connectivity index (χ4v) is 2.05. The molecule has 0 bridgehead atoms. The summed E-state index contributed by atoms with van der Waals surface area (Å²) in [7, 11) is 0. The molecule has 0 saturated carbocycles. The molecule has 1 aromatic rings. The van der Waals surface area contributed by atoms with Gasteiger partial charge in [0.2, 0.25) is 0 Å². The highest BCUT2D eigenvalue weighted by atomic mass is 19.4. The van der Waals surface area contributed by atoms with Gasteiger partial charge in [0.15, 0.2) is 0 Å². The lowest BCUT2D eigenvalue weighted by molar-refractivity contribution is -0.144. The van der Waals surface area contributed by atoms with Crippen molar-refractivity contribution in [1.29, 1.82) is 0 Å². The molecule has 0 spiro atoms. The molecule has 0 heterocycles. The van der Waals surface area contributed by atoms with Crippen LogP contribution in [0.25, 0.3) is 0 Å². The second-order valence-electron chi connectivity index (χ2n) is 5.49. The van der Waals surface area contributed by atoms with Crippen molar-refractivity contribution in [3.63, 3.8) is 0 Å². The average molecular weight is 331 g/mol. The van der Waals surface area contributed by atoms with Crippen LogP contribution in [-0.4, -0.2) is 0 Å². The van der Waals surface area contributed by atoms with Crippen LogP contribution in [0.1, 0.15) is 49.4 Å². The number of nitrogens with two attached hydrogens (primary N) is 1. The Labute approximate surface area is 123 Å². The third-order valence-corrected chi connectivity index (χ3v) is 3.19. The fourth-order valence-electron chi connectivity index (χ4n) is 2.05. The molecular formula is C14H16F7N. The Hall–Kier alpha value is -1.31. The zero-order valence-electron chi connectivity index (χ0n) is 11.9. The van der Waals surface area contributed by atoms with E-state index in [0.717, 1.165) is 0 Å². The van der Waals surface area contributed by atoms with Crippen LogP contribution >= 0.6 is 0 Å². The zero-order valence-corrected chi connectivity index (χ0v) is 11.9. The average Bonchev–Trinajstić information content (AvgIpc) is 2.32. The third kappa shape index (κ3) is 4.59. The fraction of sp³-hybridized carbons (Fsp3) is 0.571. The molecule has 0 unspecified atom stereocenters. The van der Waals surface area contributed by atoms with Crippen LogP contribution in [0.3, 0.4) is 0 Å². The van der Waals surface area contributed by atoms with Crippen LogP contribution in [0, 0.1) is 11.7 Å². The van der Waals surface area contributed by atoms with E-state index in [4.69, 9.17) is 5.73 Å². The van der Waals surface area contributed by atoms with Crippen LogP contribution in [0.15, 0.2) is 12.1 Å². The van der Waals surface area contributed by atoms with Crippen molar-refractivity contribution >= 4 is 0 Å². The van der Waals surface area contributed by atoms with E-state index in [1.807, 2.05) is 0 Å². The summed E-state index contributed by atoms with van der Waals surface area (Å²) in [6.07, 6.45) is -9.71. The van der Waals surface area contributed by atoms with Crippen LogP contribution in [0.2, 0.25) is 0 Å². The van der Waals surface area contributed by atoms with Gasteiger partial charge in [-0.3, -0.25) is 0 Å². The predicted molar refractivity (Wildman–Crippen MR) is 67.4 cm³/mol. The summed E-state index contributed by atoms with van der Waals surface area (Å²) in [6.45, 7) is 3.61. The van der Waals surface area contributed by atoms with Crippen molar-refractivity contribution in [1.82, 2.24) is 0 Å². The summed E-state index contributed by atoms with van der Waals surface area (Å²) in [5.74, 6) is -1.46. The van der Waals surface area contributed by atoms with Crippen molar-refractivity contribution in [3.8, 4) is 0 Å². The van der Waals surface area contributed by atoms with Crippen molar-refractivity contribution in [2.24, 2.45) is 11.7 Å². The van der Waals surface area contributed by atoms with Gasteiger partial charge in [-0.15, -0.1) is 0 Å². The highest BCUT2D eigenvalue weighted by Gasteiger charge is 2.40. The number of alkyl halides is 6. The van der Waals surface area contributed by atoms with E-state index in [1.165, 1.54) is 0 Å². The number of hydrogen-bond donors (Lipinski definition) is 1. The first-order valence-corrected chi connectivity index (χ1v) is 6.57. The lowest BCUT2D eigenvalue weighted by Gasteiger charge is -2.21. The van der Waals surface area contributed by atoms with Crippen molar-refractivity contribution < 1.29 is 30.7 Å². The van der Waals surface area contributed by atoms with Gasteiger partial charge >= 0.3 is 12.4 Å². The van der Waals surface area contributed by atoms with Gasteiger partial charge in [0.05, 0.1) is 11.1 Å².